The van der Waals surface area contributed by atoms with Crippen molar-refractivity contribution in [1.29, 1.82) is 0 Å². The van der Waals surface area contributed by atoms with E-state index in [9.17, 15) is 4.79 Å². The first-order valence-corrected chi connectivity index (χ1v) is 7.68. The topological polar surface area (TPSA) is 65.2 Å². The first-order chi connectivity index (χ1) is 9.72. The van der Waals surface area contributed by atoms with Gasteiger partial charge in [0.15, 0.2) is 0 Å². The predicted molar refractivity (Wildman–Crippen MR) is 83.2 cm³/mol. The maximum atomic E-state index is 12.3. The number of esters is 1. The van der Waals surface area contributed by atoms with Crippen molar-refractivity contribution >= 4 is 17.6 Å². The van der Waals surface area contributed by atoms with Crippen LogP contribution in [0.3, 0.4) is 0 Å². The summed E-state index contributed by atoms with van der Waals surface area (Å²) in [4.78, 5) is 16.3. The Morgan fingerprint density at radius 1 is 1.38 bits per heavy atom. The van der Waals surface area contributed by atoms with Gasteiger partial charge in [0, 0.05) is 17.7 Å². The molecule has 4 unspecified atom stereocenters. The highest BCUT2D eigenvalue weighted by Gasteiger charge is 2.46. The summed E-state index contributed by atoms with van der Waals surface area (Å²) in [5, 5.41) is 0.498. The van der Waals surface area contributed by atoms with Crippen molar-refractivity contribution in [2.24, 2.45) is 23.0 Å². The lowest BCUT2D eigenvalue weighted by Gasteiger charge is -2.47. The minimum Gasteiger partial charge on any atom is -0.457 e. The third-order valence-corrected chi connectivity index (χ3v) is 4.91. The average Bonchev–Trinajstić information content (AvgIpc) is 2.41. The van der Waals surface area contributed by atoms with Crippen LogP contribution in [0.15, 0.2) is 18.3 Å². The molecule has 1 heterocycles. The molecular formula is C16H23ClN2O2. The summed E-state index contributed by atoms with van der Waals surface area (Å²) in [7, 11) is 0. The summed E-state index contributed by atoms with van der Waals surface area (Å²) in [6.07, 6.45) is 2.12. The fourth-order valence-electron chi connectivity index (χ4n) is 3.23. The number of rotatable bonds is 2. The molecule has 1 aromatic rings. The van der Waals surface area contributed by atoms with Gasteiger partial charge in [-0.2, -0.15) is 0 Å². The third-order valence-electron chi connectivity index (χ3n) is 4.68. The number of aromatic nitrogens is 1. The number of hydrogen-bond acceptors (Lipinski definition) is 4. The molecule has 1 aromatic heterocycles. The molecule has 1 aliphatic carbocycles. The number of carbonyl (C=O) groups excluding carboxylic acids is 1. The summed E-state index contributed by atoms with van der Waals surface area (Å²) in [5.74, 6) is 0.119. The van der Waals surface area contributed by atoms with E-state index < -0.39 is 5.97 Å². The molecule has 4 atom stereocenters. The molecular weight excluding hydrogens is 288 g/mol. The monoisotopic (exact) mass is 310 g/mol. The molecule has 2 rings (SSSR count). The van der Waals surface area contributed by atoms with Crippen LogP contribution in [0, 0.1) is 17.3 Å². The van der Waals surface area contributed by atoms with Crippen molar-refractivity contribution in [3.8, 4) is 0 Å². The van der Waals surface area contributed by atoms with E-state index in [2.05, 4.69) is 32.7 Å². The van der Waals surface area contributed by atoms with Crippen LogP contribution < -0.4 is 5.73 Å². The smallest absolute Gasteiger partial charge is 0.357 e. The van der Waals surface area contributed by atoms with Crippen molar-refractivity contribution in [3.05, 3.63) is 29.0 Å². The highest BCUT2D eigenvalue weighted by atomic mass is 35.5. The molecule has 4 nitrogen and oxygen atoms in total. The maximum absolute atomic E-state index is 12.3. The Bertz CT molecular complexity index is 516. The Morgan fingerprint density at radius 2 is 2.05 bits per heavy atom. The van der Waals surface area contributed by atoms with E-state index in [0.717, 1.165) is 6.42 Å². The van der Waals surface area contributed by atoms with E-state index in [1.54, 1.807) is 12.1 Å². The van der Waals surface area contributed by atoms with Crippen LogP contribution in [0.2, 0.25) is 5.02 Å². The summed E-state index contributed by atoms with van der Waals surface area (Å²) >= 11 is 5.78. The molecule has 0 bridgehead atoms. The summed E-state index contributed by atoms with van der Waals surface area (Å²) in [6, 6.07) is 3.36. The summed E-state index contributed by atoms with van der Waals surface area (Å²) in [6.45, 7) is 8.41. The van der Waals surface area contributed by atoms with Gasteiger partial charge >= 0.3 is 5.97 Å². The average molecular weight is 311 g/mol. The van der Waals surface area contributed by atoms with Crippen molar-refractivity contribution in [2.75, 3.05) is 0 Å². The third kappa shape index (κ3) is 3.38. The quantitative estimate of drug-likeness (QED) is 0.851. The lowest BCUT2D eigenvalue weighted by atomic mass is 9.64. The first-order valence-electron chi connectivity index (χ1n) is 7.30. The number of ether oxygens (including phenoxy) is 1. The normalized spacial score (nSPS) is 31.7. The number of carbonyl (C=O) groups is 1. The van der Waals surface area contributed by atoms with E-state index in [-0.39, 0.29) is 29.2 Å². The molecule has 0 amide bonds. The molecule has 0 aliphatic heterocycles. The van der Waals surface area contributed by atoms with Crippen LogP contribution in [0.5, 0.6) is 0 Å². The Labute approximate surface area is 131 Å². The van der Waals surface area contributed by atoms with Gasteiger partial charge in [0.05, 0.1) is 5.02 Å². The number of nitrogens with zero attached hydrogens (tertiary/aromatic N) is 1. The first kappa shape index (κ1) is 16.2. The van der Waals surface area contributed by atoms with E-state index in [1.807, 2.05) is 0 Å². The fraction of sp³-hybridized carbons (Fsp3) is 0.625. The molecule has 2 N–H and O–H groups in total. The second-order valence-corrected chi connectivity index (χ2v) is 7.20. The van der Waals surface area contributed by atoms with Crippen LogP contribution >= 0.6 is 11.6 Å². The van der Waals surface area contributed by atoms with Gasteiger partial charge in [0.2, 0.25) is 0 Å². The zero-order valence-electron chi connectivity index (χ0n) is 13.0. The molecule has 1 saturated carbocycles. The molecule has 0 spiro atoms. The van der Waals surface area contributed by atoms with E-state index in [1.165, 1.54) is 6.20 Å². The zero-order valence-corrected chi connectivity index (χ0v) is 13.7. The number of hydrogen-bond donors (Lipinski definition) is 1. The molecule has 5 heteroatoms. The summed E-state index contributed by atoms with van der Waals surface area (Å²) < 4.78 is 5.76. The van der Waals surface area contributed by atoms with Crippen LogP contribution in [-0.4, -0.2) is 23.1 Å². The van der Waals surface area contributed by atoms with Gasteiger partial charge in [-0.3, -0.25) is 0 Å². The molecule has 1 fully saturated rings. The van der Waals surface area contributed by atoms with E-state index in [4.69, 9.17) is 22.1 Å². The molecule has 1 aliphatic rings. The van der Waals surface area contributed by atoms with Gasteiger partial charge in [-0.15, -0.1) is 0 Å². The van der Waals surface area contributed by atoms with Crippen LogP contribution in [0.1, 0.15) is 44.6 Å². The van der Waals surface area contributed by atoms with Crippen LogP contribution in [0.4, 0.5) is 0 Å². The minimum atomic E-state index is -0.403. The largest absolute Gasteiger partial charge is 0.457 e. The number of pyridine rings is 1. The van der Waals surface area contributed by atoms with Gasteiger partial charge in [-0.1, -0.05) is 39.3 Å². The van der Waals surface area contributed by atoms with Crippen molar-refractivity contribution in [3.63, 3.8) is 0 Å². The Balaban J connectivity index is 2.16. The molecule has 21 heavy (non-hydrogen) atoms. The van der Waals surface area contributed by atoms with Gasteiger partial charge in [-0.05, 0) is 30.4 Å². The summed E-state index contributed by atoms with van der Waals surface area (Å²) in [5.41, 5.74) is 6.33. The molecule has 116 valence electrons. The lowest BCUT2D eigenvalue weighted by molar-refractivity contribution is -0.0744. The van der Waals surface area contributed by atoms with Crippen molar-refractivity contribution in [1.82, 2.24) is 4.98 Å². The Hall–Kier alpha value is -1.13. The lowest BCUT2D eigenvalue weighted by Crippen LogP contribution is -2.53. The predicted octanol–water partition coefficient (Wildman–Crippen LogP) is 3.29. The second kappa shape index (κ2) is 5.93. The molecule has 0 aromatic carbocycles. The second-order valence-electron chi connectivity index (χ2n) is 6.76. The van der Waals surface area contributed by atoms with Gasteiger partial charge in [-0.25, -0.2) is 9.78 Å². The minimum absolute atomic E-state index is 0.138. The maximum Gasteiger partial charge on any atom is 0.357 e. The Kier molecular flexibility index (Phi) is 4.59. The van der Waals surface area contributed by atoms with Gasteiger partial charge in [0.1, 0.15) is 11.8 Å². The van der Waals surface area contributed by atoms with E-state index in [0.29, 0.717) is 10.9 Å². The van der Waals surface area contributed by atoms with E-state index >= 15 is 0 Å². The van der Waals surface area contributed by atoms with Crippen molar-refractivity contribution in [2.45, 2.75) is 46.3 Å². The number of nitrogens with two attached hydrogens (primary N) is 1. The van der Waals surface area contributed by atoms with Gasteiger partial charge in [0.25, 0.3) is 0 Å². The van der Waals surface area contributed by atoms with Crippen molar-refractivity contribution < 1.29 is 9.53 Å². The van der Waals surface area contributed by atoms with Crippen LogP contribution in [0.25, 0.3) is 0 Å². The van der Waals surface area contributed by atoms with Gasteiger partial charge < -0.3 is 10.5 Å². The molecule has 0 saturated heterocycles. The molecule has 0 radical (unpaired) electrons. The fourth-order valence-corrected chi connectivity index (χ4v) is 3.34. The highest BCUT2D eigenvalue weighted by Crippen LogP contribution is 2.43. The Morgan fingerprint density at radius 3 is 2.62 bits per heavy atom. The van der Waals surface area contributed by atoms with Crippen LogP contribution in [-0.2, 0) is 4.74 Å². The highest BCUT2D eigenvalue weighted by molar-refractivity contribution is 6.30. The number of halogens is 1. The zero-order chi connectivity index (χ0) is 15.8. The standard InChI is InChI=1S/C16H23ClN2O2/c1-9-10(2)14(16(3,4)7-12(9)18)21-15(20)13-6-5-11(17)8-19-13/h5-6,8-10,12,14H,7,18H2,1-4H3. The SMILES string of the molecule is CC1C(N)CC(C)(C)C(OC(=O)c2ccc(Cl)cn2)C1C.